The van der Waals surface area contributed by atoms with Gasteiger partial charge in [0, 0.05) is 10.8 Å². The zero-order chi connectivity index (χ0) is 15.3. The molecule has 1 nitrogen and oxygen atoms in total. The Morgan fingerprint density at radius 2 is 1.62 bits per heavy atom. The third-order valence-electron chi connectivity index (χ3n) is 9.16. The first kappa shape index (κ1) is 14.3. The zero-order valence-corrected chi connectivity index (χ0v) is 14.6. The summed E-state index contributed by atoms with van der Waals surface area (Å²) in [5.41, 5.74) is 1.17. The Bertz CT molecular complexity index is 520. The van der Waals surface area contributed by atoms with Crippen LogP contribution in [0.4, 0.5) is 0 Å². The molecule has 21 heavy (non-hydrogen) atoms. The quantitative estimate of drug-likeness (QED) is 0.585. The second-order valence-corrected chi connectivity index (χ2v) is 10.3. The molecule has 0 saturated heterocycles. The molecule has 118 valence electrons. The fourth-order valence-electron chi connectivity index (χ4n) is 8.19. The molecular weight excluding hydrogens is 256 g/mol. The summed E-state index contributed by atoms with van der Waals surface area (Å²) in [6.45, 7) is 12.2. The van der Waals surface area contributed by atoms with E-state index in [4.69, 9.17) is 0 Å². The highest BCUT2D eigenvalue weighted by molar-refractivity contribution is 5.94. The average Bonchev–Trinajstić information content (AvgIpc) is 2.82. The number of fused-ring (bicyclic) bond motifs is 2. The molecule has 1 heteroatoms. The summed E-state index contributed by atoms with van der Waals surface area (Å²) in [7, 11) is 0. The van der Waals surface area contributed by atoms with Gasteiger partial charge < -0.3 is 0 Å². The summed E-state index contributed by atoms with van der Waals surface area (Å²) >= 11 is 0. The predicted molar refractivity (Wildman–Crippen MR) is 86.0 cm³/mol. The van der Waals surface area contributed by atoms with E-state index in [2.05, 4.69) is 34.6 Å². The summed E-state index contributed by atoms with van der Waals surface area (Å²) in [5, 5.41) is 0. The largest absolute Gasteiger partial charge is 0.298 e. The van der Waals surface area contributed by atoms with Gasteiger partial charge in [-0.25, -0.2) is 0 Å². The Balaban J connectivity index is 1.89. The van der Waals surface area contributed by atoms with Crippen LogP contribution in [0.25, 0.3) is 0 Å². The SMILES string of the molecule is CC1(C)CCC[C@@]2(C)C1CC[C@@]1(C)C(=O)[C@]3(C)CC[C@@]12C3. The van der Waals surface area contributed by atoms with E-state index >= 15 is 0 Å². The molecule has 4 fully saturated rings. The first-order valence-corrected chi connectivity index (χ1v) is 9.16. The van der Waals surface area contributed by atoms with Crippen LogP contribution in [-0.2, 0) is 4.79 Å². The van der Waals surface area contributed by atoms with Crippen LogP contribution < -0.4 is 0 Å². The highest BCUT2D eigenvalue weighted by Gasteiger charge is 2.77. The van der Waals surface area contributed by atoms with Crippen LogP contribution in [0.3, 0.4) is 0 Å². The van der Waals surface area contributed by atoms with Crippen molar-refractivity contribution in [3.63, 3.8) is 0 Å². The molecule has 0 aliphatic heterocycles. The normalized spacial score (nSPS) is 58.0. The summed E-state index contributed by atoms with van der Waals surface area (Å²) in [5.74, 6) is 1.45. The molecule has 4 aliphatic rings. The van der Waals surface area contributed by atoms with Crippen LogP contribution >= 0.6 is 0 Å². The molecular formula is C20H32O. The molecule has 0 heterocycles. The van der Waals surface area contributed by atoms with Gasteiger partial charge >= 0.3 is 0 Å². The molecule has 2 bridgehead atoms. The zero-order valence-electron chi connectivity index (χ0n) is 14.6. The van der Waals surface area contributed by atoms with E-state index in [0.29, 0.717) is 22.0 Å². The van der Waals surface area contributed by atoms with Gasteiger partial charge in [0.15, 0.2) is 0 Å². The number of rotatable bonds is 0. The van der Waals surface area contributed by atoms with Gasteiger partial charge in [0.05, 0.1) is 0 Å². The summed E-state index contributed by atoms with van der Waals surface area (Å²) in [6, 6.07) is 0. The van der Waals surface area contributed by atoms with E-state index in [-0.39, 0.29) is 10.8 Å². The lowest BCUT2D eigenvalue weighted by atomic mass is 9.37. The van der Waals surface area contributed by atoms with Crippen LogP contribution in [0.15, 0.2) is 0 Å². The van der Waals surface area contributed by atoms with Crippen molar-refractivity contribution in [2.24, 2.45) is 33.0 Å². The standard InChI is InChI=1S/C20H32O/c1-16(2)8-6-9-18(4)14(16)7-10-19(5)15(21)17(3)11-12-20(18,19)13-17/h14H,6-13H2,1-5H3/t14?,17-,18+,19+,20+/m1/s1. The van der Waals surface area contributed by atoms with Crippen molar-refractivity contribution >= 4 is 5.78 Å². The van der Waals surface area contributed by atoms with Gasteiger partial charge in [-0.3, -0.25) is 4.79 Å². The monoisotopic (exact) mass is 288 g/mol. The molecule has 0 N–H and O–H groups in total. The number of hydrogen-bond donors (Lipinski definition) is 0. The van der Waals surface area contributed by atoms with Crippen molar-refractivity contribution < 1.29 is 4.79 Å². The smallest absolute Gasteiger partial charge is 0.145 e. The topological polar surface area (TPSA) is 17.1 Å². The van der Waals surface area contributed by atoms with Crippen molar-refractivity contribution in [2.75, 3.05) is 0 Å². The maximum absolute atomic E-state index is 13.2. The number of Topliss-reactive ketones (excluding diaryl/α,β-unsaturated/α-hetero) is 1. The van der Waals surface area contributed by atoms with E-state index < -0.39 is 0 Å². The van der Waals surface area contributed by atoms with Crippen LogP contribution in [0.2, 0.25) is 0 Å². The summed E-state index contributed by atoms with van der Waals surface area (Å²) in [6.07, 6.45) is 10.2. The fourth-order valence-corrected chi connectivity index (χ4v) is 8.19. The Morgan fingerprint density at radius 3 is 2.33 bits per heavy atom. The van der Waals surface area contributed by atoms with Gasteiger partial charge in [-0.1, -0.05) is 41.0 Å². The van der Waals surface area contributed by atoms with Crippen LogP contribution in [0.1, 0.15) is 86.0 Å². The van der Waals surface area contributed by atoms with Crippen LogP contribution in [0, 0.1) is 33.0 Å². The van der Waals surface area contributed by atoms with E-state index in [1.165, 1.54) is 38.5 Å². The van der Waals surface area contributed by atoms with Crippen molar-refractivity contribution in [1.82, 2.24) is 0 Å². The summed E-state index contributed by atoms with van der Waals surface area (Å²) in [4.78, 5) is 13.2. The minimum atomic E-state index is -0.0152. The van der Waals surface area contributed by atoms with Crippen molar-refractivity contribution in [3.8, 4) is 0 Å². The van der Waals surface area contributed by atoms with Gasteiger partial charge in [0.2, 0.25) is 0 Å². The molecule has 0 radical (unpaired) electrons. The van der Waals surface area contributed by atoms with Gasteiger partial charge in [0.25, 0.3) is 0 Å². The first-order valence-electron chi connectivity index (χ1n) is 9.16. The number of ketones is 1. The highest BCUT2D eigenvalue weighted by Crippen LogP contribution is 2.81. The van der Waals surface area contributed by atoms with E-state index in [9.17, 15) is 4.79 Å². The molecule has 4 aliphatic carbocycles. The molecule has 4 rings (SSSR count). The highest BCUT2D eigenvalue weighted by atomic mass is 16.1. The maximum atomic E-state index is 13.2. The van der Waals surface area contributed by atoms with E-state index in [1.807, 2.05) is 0 Å². The number of carbonyl (C=O) groups is 1. The van der Waals surface area contributed by atoms with E-state index in [0.717, 1.165) is 18.8 Å². The minimum Gasteiger partial charge on any atom is -0.298 e. The molecule has 1 unspecified atom stereocenters. The molecule has 0 aromatic heterocycles. The van der Waals surface area contributed by atoms with Crippen LogP contribution in [0.5, 0.6) is 0 Å². The molecule has 0 amide bonds. The van der Waals surface area contributed by atoms with Gasteiger partial charge in [-0.15, -0.1) is 0 Å². The van der Waals surface area contributed by atoms with Crippen molar-refractivity contribution in [1.29, 1.82) is 0 Å². The molecule has 1 spiro atoms. The predicted octanol–water partition coefficient (Wildman–Crippen LogP) is 5.38. The Morgan fingerprint density at radius 1 is 0.905 bits per heavy atom. The van der Waals surface area contributed by atoms with Gasteiger partial charge in [0.1, 0.15) is 5.78 Å². The molecule has 0 aromatic rings. The van der Waals surface area contributed by atoms with Crippen molar-refractivity contribution in [3.05, 3.63) is 0 Å². The lowest BCUT2D eigenvalue weighted by Crippen LogP contribution is -2.61. The van der Waals surface area contributed by atoms with Crippen molar-refractivity contribution in [2.45, 2.75) is 86.0 Å². The third kappa shape index (κ3) is 1.30. The number of carbonyl (C=O) groups excluding carboxylic acids is 1. The second-order valence-electron chi connectivity index (χ2n) is 10.3. The lowest BCUT2D eigenvalue weighted by Gasteiger charge is -2.66. The van der Waals surface area contributed by atoms with Gasteiger partial charge in [-0.2, -0.15) is 0 Å². The Kier molecular flexibility index (Phi) is 2.44. The van der Waals surface area contributed by atoms with Gasteiger partial charge in [-0.05, 0) is 67.1 Å². The third-order valence-corrected chi connectivity index (χ3v) is 9.16. The average molecular weight is 288 g/mol. The molecule has 0 aromatic carbocycles. The first-order chi connectivity index (χ1) is 9.62. The summed E-state index contributed by atoms with van der Waals surface area (Å²) < 4.78 is 0. The second kappa shape index (κ2) is 3.60. The minimum absolute atomic E-state index is 0.00817. The Hall–Kier alpha value is -0.330. The molecule has 4 saturated carbocycles. The lowest BCUT2D eigenvalue weighted by molar-refractivity contribution is -0.188. The maximum Gasteiger partial charge on any atom is 0.145 e. The van der Waals surface area contributed by atoms with E-state index in [1.54, 1.807) is 0 Å². The van der Waals surface area contributed by atoms with Crippen LogP contribution in [-0.4, -0.2) is 5.78 Å². The Labute approximate surface area is 130 Å². The molecule has 5 atom stereocenters. The number of hydrogen-bond acceptors (Lipinski definition) is 1. The fraction of sp³-hybridized carbons (Fsp3) is 0.950.